The standard InChI is InChI=1S/2C22H20.C20H18O.2C19H16/c1-3-17(2)14-15-18-8-6-11-20(16-18)22-13-7-10-19-9-4-5-12-21(19)22;1-3-17(2)11-12-18-13-15-20(16-14-18)22-10-6-8-19-7-4-5-9-21(19)22;1-3-15(2)11-12-17-13-14-20(21-17)19-10-6-8-16-7-4-5-9-18(16)19;1-2-7-15-8-5-11-17(14-15)19-13-6-10-16-9-3-4-12-18(16)19;1-2-6-15-11-13-17(14-12-15)19-10-5-8-16-7-3-4-9-18(16)19/h2*3-16H,1-2H3;3-14H,1-2H3;2*2-14H,1H3/b15-14+,17-3+;12-11+,17-3+;12-11+,15-3+;7-2+;6-2+. The third-order valence-electron chi connectivity index (χ3n) is 18.4. The third kappa shape index (κ3) is 19.3. The van der Waals surface area contributed by atoms with Crippen LogP contribution in [0.2, 0.25) is 0 Å². The molecule has 103 heavy (non-hydrogen) atoms. The van der Waals surface area contributed by atoms with Crippen LogP contribution < -0.4 is 0 Å². The van der Waals surface area contributed by atoms with Gasteiger partial charge in [0.2, 0.25) is 0 Å². The van der Waals surface area contributed by atoms with Crippen molar-refractivity contribution in [2.45, 2.75) is 55.4 Å². The van der Waals surface area contributed by atoms with Gasteiger partial charge in [0, 0.05) is 5.56 Å². The van der Waals surface area contributed by atoms with Gasteiger partial charge in [-0.3, -0.25) is 0 Å². The molecule has 0 saturated carbocycles. The van der Waals surface area contributed by atoms with Crippen molar-refractivity contribution in [1.82, 2.24) is 0 Å². The van der Waals surface area contributed by atoms with Gasteiger partial charge in [-0.05, 0) is 206 Å². The molecule has 0 amide bonds. The highest BCUT2D eigenvalue weighted by molar-refractivity contribution is 6.00. The van der Waals surface area contributed by atoms with Crippen molar-refractivity contribution in [3.8, 4) is 55.8 Å². The predicted octanol–water partition coefficient (Wildman–Crippen LogP) is 30.1. The fourth-order valence-corrected chi connectivity index (χ4v) is 12.4. The molecule has 1 nitrogen and oxygen atoms in total. The van der Waals surface area contributed by atoms with Gasteiger partial charge in [0.1, 0.15) is 11.5 Å². The molecule has 0 atom stereocenters. The maximum absolute atomic E-state index is 5.96. The van der Waals surface area contributed by atoms with E-state index in [0.717, 1.165) is 17.1 Å². The molecular weight excluding hydrogens is 1240 g/mol. The summed E-state index contributed by atoms with van der Waals surface area (Å²) in [6.07, 6.45) is 27.4. The van der Waals surface area contributed by atoms with Crippen LogP contribution >= 0.6 is 0 Å². The lowest BCUT2D eigenvalue weighted by molar-refractivity contribution is 0.572. The van der Waals surface area contributed by atoms with Gasteiger partial charge in [-0.15, -0.1) is 0 Å². The van der Waals surface area contributed by atoms with Crippen molar-refractivity contribution < 1.29 is 4.42 Å². The Morgan fingerprint density at radius 1 is 0.233 bits per heavy atom. The lowest BCUT2D eigenvalue weighted by atomic mass is 9.97. The van der Waals surface area contributed by atoms with Crippen molar-refractivity contribution in [1.29, 1.82) is 0 Å². The van der Waals surface area contributed by atoms with Gasteiger partial charge in [-0.25, -0.2) is 0 Å². The van der Waals surface area contributed by atoms with Crippen LogP contribution in [0.25, 0.3) is 140 Å². The first kappa shape index (κ1) is 71.9. The Kier molecular flexibility index (Phi) is 25.5. The quantitative estimate of drug-likeness (QED) is 0.105. The van der Waals surface area contributed by atoms with Gasteiger partial charge >= 0.3 is 0 Å². The number of hydrogen-bond donors (Lipinski definition) is 0. The van der Waals surface area contributed by atoms with E-state index in [-0.39, 0.29) is 0 Å². The molecule has 0 fully saturated rings. The van der Waals surface area contributed by atoms with E-state index >= 15 is 0 Å². The minimum absolute atomic E-state index is 0.874. The van der Waals surface area contributed by atoms with Gasteiger partial charge in [0.25, 0.3) is 0 Å². The van der Waals surface area contributed by atoms with Gasteiger partial charge in [-0.2, -0.15) is 0 Å². The predicted molar refractivity (Wildman–Crippen MR) is 454 cm³/mol. The number of rotatable bonds is 13. The van der Waals surface area contributed by atoms with Crippen molar-refractivity contribution in [2.24, 2.45) is 0 Å². The number of allylic oxidation sites excluding steroid dienone is 11. The molecule has 1 heteroatoms. The molecule has 0 bridgehead atoms. The summed E-state index contributed by atoms with van der Waals surface area (Å²) in [6.45, 7) is 16.5. The van der Waals surface area contributed by atoms with Crippen LogP contribution in [0.5, 0.6) is 0 Å². The summed E-state index contributed by atoms with van der Waals surface area (Å²) < 4.78 is 5.96. The first-order chi connectivity index (χ1) is 50.6. The average Bonchev–Trinajstić information content (AvgIpc) is 1.63. The fourth-order valence-electron chi connectivity index (χ4n) is 12.4. The second-order valence-electron chi connectivity index (χ2n) is 25.4. The molecule has 0 aliphatic rings. The average molecular weight is 1330 g/mol. The molecule has 0 unspecified atom stereocenters. The Morgan fingerprint density at radius 3 is 0.903 bits per heavy atom. The van der Waals surface area contributed by atoms with Gasteiger partial charge in [0.05, 0.1) is 0 Å². The Balaban J connectivity index is 0.000000129. The molecule has 0 aliphatic carbocycles. The highest BCUT2D eigenvalue weighted by Gasteiger charge is 2.10. The molecule has 14 aromatic carbocycles. The largest absolute Gasteiger partial charge is 0.457 e. The van der Waals surface area contributed by atoms with Crippen molar-refractivity contribution in [3.63, 3.8) is 0 Å². The Bertz CT molecular complexity index is 5550. The van der Waals surface area contributed by atoms with Gasteiger partial charge in [0.15, 0.2) is 0 Å². The second-order valence-corrected chi connectivity index (χ2v) is 25.4. The fraction of sp³-hybridized carbons (Fsp3) is 0.0784. The van der Waals surface area contributed by atoms with E-state index in [1.807, 2.05) is 39.0 Å². The zero-order chi connectivity index (χ0) is 71.5. The second kappa shape index (κ2) is 36.6. The topological polar surface area (TPSA) is 13.1 Å². The van der Waals surface area contributed by atoms with Crippen LogP contribution in [0, 0.1) is 0 Å². The highest BCUT2D eigenvalue weighted by atomic mass is 16.3. The maximum Gasteiger partial charge on any atom is 0.135 e. The zero-order valence-electron chi connectivity index (χ0n) is 60.5. The highest BCUT2D eigenvalue weighted by Crippen LogP contribution is 2.35. The van der Waals surface area contributed by atoms with Gasteiger partial charge < -0.3 is 4.42 Å². The zero-order valence-corrected chi connectivity index (χ0v) is 60.5. The van der Waals surface area contributed by atoms with E-state index in [4.69, 9.17) is 4.42 Å². The van der Waals surface area contributed by atoms with E-state index < -0.39 is 0 Å². The molecule has 1 aromatic heterocycles. The van der Waals surface area contributed by atoms with Crippen molar-refractivity contribution in [2.75, 3.05) is 0 Å². The molecule has 0 spiro atoms. The van der Waals surface area contributed by atoms with Crippen LogP contribution in [0.15, 0.2) is 391 Å². The van der Waals surface area contributed by atoms with E-state index in [0.29, 0.717) is 0 Å². The SMILES string of the molecule is C/C=C(C)/C=C/c1ccc(-c2cccc3ccccc23)cc1.C/C=C(C)/C=C/c1ccc(-c2cccc3ccccc23)o1.C/C=C(C)/C=C/c1cccc(-c2cccc3ccccc23)c1.C/C=C/c1ccc(-c2cccc3ccccc23)cc1.C/C=C/c1cccc(-c2cccc3ccccc23)c1. The summed E-state index contributed by atoms with van der Waals surface area (Å²) >= 11 is 0. The molecule has 0 saturated heterocycles. The van der Waals surface area contributed by atoms with Crippen molar-refractivity contribution >= 4 is 84.2 Å². The molecule has 0 N–H and O–H groups in total. The van der Waals surface area contributed by atoms with E-state index in [2.05, 4.69) is 417 Å². The lowest BCUT2D eigenvalue weighted by Crippen LogP contribution is -1.82. The van der Waals surface area contributed by atoms with Crippen LogP contribution in [0.3, 0.4) is 0 Å². The summed E-state index contributed by atoms with van der Waals surface area (Å²) in [5.74, 6) is 1.78. The van der Waals surface area contributed by atoms with Crippen LogP contribution in [0.1, 0.15) is 83.4 Å². The van der Waals surface area contributed by atoms with E-state index in [1.54, 1.807) is 0 Å². The van der Waals surface area contributed by atoms with Crippen LogP contribution in [0.4, 0.5) is 0 Å². The maximum atomic E-state index is 5.96. The summed E-state index contributed by atoms with van der Waals surface area (Å²) in [7, 11) is 0. The van der Waals surface area contributed by atoms with Crippen LogP contribution in [-0.2, 0) is 0 Å². The summed E-state index contributed by atoms with van der Waals surface area (Å²) in [5.41, 5.74) is 20.1. The molecular formula is C102H90O. The summed E-state index contributed by atoms with van der Waals surface area (Å²) in [6, 6.07) is 114. The normalized spacial score (nSPS) is 11.9. The first-order valence-corrected chi connectivity index (χ1v) is 35.7. The Morgan fingerprint density at radius 2 is 0.524 bits per heavy atom. The van der Waals surface area contributed by atoms with Crippen LogP contribution in [-0.4, -0.2) is 0 Å². The van der Waals surface area contributed by atoms with Gasteiger partial charge in [-0.1, -0.05) is 387 Å². The monoisotopic (exact) mass is 1330 g/mol. The summed E-state index contributed by atoms with van der Waals surface area (Å²) in [4.78, 5) is 0. The molecule has 1 heterocycles. The molecule has 0 radical (unpaired) electrons. The van der Waals surface area contributed by atoms with E-state index in [1.165, 1.54) is 137 Å². The number of hydrogen-bond acceptors (Lipinski definition) is 1. The Labute approximate surface area is 610 Å². The minimum atomic E-state index is 0.874. The molecule has 504 valence electrons. The van der Waals surface area contributed by atoms with E-state index in [9.17, 15) is 0 Å². The lowest BCUT2D eigenvalue weighted by Gasteiger charge is -2.07. The molecule has 15 rings (SSSR count). The molecule has 15 aromatic rings. The first-order valence-electron chi connectivity index (χ1n) is 35.7. The smallest absolute Gasteiger partial charge is 0.135 e. The Hall–Kier alpha value is -12.4. The third-order valence-corrected chi connectivity index (χ3v) is 18.4. The molecule has 0 aliphatic heterocycles. The van der Waals surface area contributed by atoms with Crippen molar-refractivity contribution in [3.05, 3.63) is 415 Å². The number of furan rings is 1. The summed E-state index contributed by atoms with van der Waals surface area (Å²) in [5, 5.41) is 12.8. The number of fused-ring (bicyclic) bond motifs is 5. The number of benzene rings is 14. The minimum Gasteiger partial charge on any atom is -0.457 e.